The molecule has 0 N–H and O–H groups in total. The molecule has 8 nitrogen and oxygen atoms in total. The fourth-order valence-corrected chi connectivity index (χ4v) is 4.55. The van der Waals surface area contributed by atoms with E-state index in [1.165, 1.54) is 40.3 Å². The second kappa shape index (κ2) is 8.38. The number of esters is 1. The molecule has 1 aromatic carbocycles. The second-order valence-corrected chi connectivity index (χ2v) is 8.72. The van der Waals surface area contributed by atoms with Gasteiger partial charge in [0.2, 0.25) is 10.0 Å². The number of sulfonamides is 1. The largest absolute Gasteiger partial charge is 0.497 e. The Morgan fingerprint density at radius 2 is 1.66 bits per heavy atom. The molecule has 1 heterocycles. The van der Waals surface area contributed by atoms with Gasteiger partial charge in [-0.3, -0.25) is 4.79 Å². The number of carbonyl (C=O) groups excluding carboxylic acids is 2. The third-order valence-electron chi connectivity index (χ3n) is 5.22. The van der Waals surface area contributed by atoms with Crippen LogP contribution in [0.15, 0.2) is 29.2 Å². The zero-order chi connectivity index (χ0) is 22.1. The summed E-state index contributed by atoms with van der Waals surface area (Å²) in [4.78, 5) is 25.3. The van der Waals surface area contributed by atoms with Crippen LogP contribution in [0.1, 0.15) is 39.0 Å². The molecule has 0 spiro atoms. The standard InChI is InChI=1S/C20H26N2O6S/c1-12-17(13(2)21(4)18(12)20(24)28-7)19(23)14(3)22(5)29(25,26)16-10-8-15(27-6)9-11-16/h8-11,14H,1-7H3. The van der Waals surface area contributed by atoms with Gasteiger partial charge in [0.15, 0.2) is 5.78 Å². The molecule has 0 aliphatic rings. The molecule has 0 bridgehead atoms. The molecular weight excluding hydrogens is 396 g/mol. The summed E-state index contributed by atoms with van der Waals surface area (Å²) in [5, 5.41) is 0. The number of benzene rings is 1. The van der Waals surface area contributed by atoms with Gasteiger partial charge in [0.05, 0.1) is 25.2 Å². The fraction of sp³-hybridized carbons (Fsp3) is 0.400. The number of Topliss-reactive ketones (excluding diaryl/α,β-unsaturated/α-hetero) is 1. The molecule has 0 saturated carbocycles. The van der Waals surface area contributed by atoms with E-state index >= 15 is 0 Å². The smallest absolute Gasteiger partial charge is 0.354 e. The summed E-state index contributed by atoms with van der Waals surface area (Å²) in [6.07, 6.45) is 0. The first kappa shape index (κ1) is 22.6. The van der Waals surface area contributed by atoms with Gasteiger partial charge in [0.1, 0.15) is 11.4 Å². The summed E-state index contributed by atoms with van der Waals surface area (Å²) in [5.41, 5.74) is 1.61. The van der Waals surface area contributed by atoms with Crippen molar-refractivity contribution >= 4 is 21.8 Å². The maximum Gasteiger partial charge on any atom is 0.354 e. The van der Waals surface area contributed by atoms with Gasteiger partial charge in [-0.25, -0.2) is 13.2 Å². The first-order chi connectivity index (χ1) is 13.5. The van der Waals surface area contributed by atoms with Crippen LogP contribution in [0.3, 0.4) is 0 Å². The van der Waals surface area contributed by atoms with Crippen molar-refractivity contribution in [2.75, 3.05) is 21.3 Å². The van der Waals surface area contributed by atoms with Crippen LogP contribution >= 0.6 is 0 Å². The predicted molar refractivity (Wildman–Crippen MR) is 108 cm³/mol. The van der Waals surface area contributed by atoms with E-state index in [1.54, 1.807) is 37.6 Å². The van der Waals surface area contributed by atoms with Crippen LogP contribution < -0.4 is 4.74 Å². The van der Waals surface area contributed by atoms with Gasteiger partial charge in [-0.05, 0) is 50.6 Å². The third kappa shape index (κ3) is 3.92. The van der Waals surface area contributed by atoms with E-state index in [0.29, 0.717) is 22.6 Å². The Kier molecular flexibility index (Phi) is 6.54. The van der Waals surface area contributed by atoms with E-state index < -0.39 is 27.8 Å². The molecule has 0 aliphatic heterocycles. The predicted octanol–water partition coefficient (Wildman–Crippen LogP) is 2.33. The SMILES string of the molecule is COC(=O)c1c(C)c(C(=O)C(C)N(C)S(=O)(=O)c2ccc(OC)cc2)c(C)n1C. The van der Waals surface area contributed by atoms with Crippen molar-refractivity contribution < 1.29 is 27.5 Å². The number of aromatic nitrogens is 1. The highest BCUT2D eigenvalue weighted by Crippen LogP contribution is 2.26. The number of rotatable bonds is 7. The van der Waals surface area contributed by atoms with Crippen LogP contribution in [-0.4, -0.2) is 56.4 Å². The lowest BCUT2D eigenvalue weighted by Crippen LogP contribution is -2.40. The van der Waals surface area contributed by atoms with Crippen LogP contribution in [-0.2, 0) is 21.8 Å². The maximum absolute atomic E-state index is 13.2. The number of likely N-dealkylation sites (N-methyl/N-ethyl adjacent to an activating group) is 1. The van der Waals surface area contributed by atoms with E-state index in [1.807, 2.05) is 0 Å². The molecule has 0 radical (unpaired) electrons. The highest BCUT2D eigenvalue weighted by molar-refractivity contribution is 7.89. The zero-order valence-electron chi connectivity index (χ0n) is 17.6. The average Bonchev–Trinajstić information content (AvgIpc) is 2.94. The summed E-state index contributed by atoms with van der Waals surface area (Å²) in [6.45, 7) is 4.88. The lowest BCUT2D eigenvalue weighted by Gasteiger charge is -2.23. The Morgan fingerprint density at radius 1 is 1.10 bits per heavy atom. The minimum Gasteiger partial charge on any atom is -0.497 e. The van der Waals surface area contributed by atoms with Crippen molar-refractivity contribution in [1.29, 1.82) is 0 Å². The first-order valence-electron chi connectivity index (χ1n) is 8.89. The van der Waals surface area contributed by atoms with Gasteiger partial charge < -0.3 is 14.0 Å². The molecule has 0 amide bonds. The fourth-order valence-electron chi connectivity index (χ4n) is 3.22. The van der Waals surface area contributed by atoms with Crippen molar-refractivity contribution in [1.82, 2.24) is 8.87 Å². The number of nitrogens with zero attached hydrogens (tertiary/aromatic N) is 2. The molecule has 2 rings (SSSR count). The molecule has 0 aliphatic carbocycles. The number of ether oxygens (including phenoxy) is 2. The van der Waals surface area contributed by atoms with Crippen molar-refractivity contribution in [3.63, 3.8) is 0 Å². The van der Waals surface area contributed by atoms with Crippen LogP contribution in [0.25, 0.3) is 0 Å². The van der Waals surface area contributed by atoms with E-state index in [2.05, 4.69) is 0 Å². The summed E-state index contributed by atoms with van der Waals surface area (Å²) in [6, 6.07) is 4.96. The van der Waals surface area contributed by atoms with E-state index in [-0.39, 0.29) is 10.6 Å². The molecule has 9 heteroatoms. The number of carbonyl (C=O) groups is 2. The first-order valence-corrected chi connectivity index (χ1v) is 10.3. The summed E-state index contributed by atoms with van der Waals surface area (Å²) < 4.78 is 38.4. The van der Waals surface area contributed by atoms with Gasteiger partial charge in [-0.1, -0.05) is 0 Å². The lowest BCUT2D eigenvalue weighted by atomic mass is 10.0. The Bertz CT molecular complexity index is 1040. The van der Waals surface area contributed by atoms with E-state index in [4.69, 9.17) is 9.47 Å². The monoisotopic (exact) mass is 422 g/mol. The molecule has 29 heavy (non-hydrogen) atoms. The summed E-state index contributed by atoms with van der Waals surface area (Å²) >= 11 is 0. The lowest BCUT2D eigenvalue weighted by molar-refractivity contribution is 0.0588. The van der Waals surface area contributed by atoms with Gasteiger partial charge in [-0.2, -0.15) is 4.31 Å². The molecule has 0 fully saturated rings. The number of ketones is 1. The molecule has 0 saturated heterocycles. The van der Waals surface area contributed by atoms with Crippen molar-refractivity contribution in [3.8, 4) is 5.75 Å². The van der Waals surface area contributed by atoms with Crippen LogP contribution in [0.2, 0.25) is 0 Å². The van der Waals surface area contributed by atoms with Crippen LogP contribution in [0.5, 0.6) is 5.75 Å². The van der Waals surface area contributed by atoms with Crippen LogP contribution in [0.4, 0.5) is 0 Å². The van der Waals surface area contributed by atoms with Crippen molar-refractivity contribution in [2.24, 2.45) is 7.05 Å². The van der Waals surface area contributed by atoms with Crippen LogP contribution in [0, 0.1) is 13.8 Å². The van der Waals surface area contributed by atoms with E-state index in [9.17, 15) is 18.0 Å². The highest BCUT2D eigenvalue weighted by atomic mass is 32.2. The Labute approximate surface area is 171 Å². The van der Waals surface area contributed by atoms with Crippen molar-refractivity contribution in [3.05, 3.63) is 46.8 Å². The topological polar surface area (TPSA) is 94.9 Å². The number of methoxy groups -OCH3 is 2. The van der Waals surface area contributed by atoms with Gasteiger partial charge in [0, 0.05) is 25.4 Å². The molecule has 1 unspecified atom stereocenters. The summed E-state index contributed by atoms with van der Waals surface area (Å²) in [5.74, 6) is -0.425. The molecule has 2 aromatic rings. The summed E-state index contributed by atoms with van der Waals surface area (Å²) in [7, 11) is 1.87. The molecule has 158 valence electrons. The minimum atomic E-state index is -3.91. The van der Waals surface area contributed by atoms with Gasteiger partial charge >= 0.3 is 5.97 Å². The Balaban J connectivity index is 2.42. The Morgan fingerprint density at radius 3 is 2.14 bits per heavy atom. The maximum atomic E-state index is 13.2. The Hall–Kier alpha value is -2.65. The van der Waals surface area contributed by atoms with Crippen molar-refractivity contribution in [2.45, 2.75) is 31.7 Å². The highest BCUT2D eigenvalue weighted by Gasteiger charge is 2.34. The molecule has 1 aromatic heterocycles. The average molecular weight is 423 g/mol. The minimum absolute atomic E-state index is 0.0530. The molecular formula is C20H26N2O6S. The van der Waals surface area contributed by atoms with Gasteiger partial charge in [0.25, 0.3) is 0 Å². The quantitative estimate of drug-likeness (QED) is 0.502. The third-order valence-corrected chi connectivity index (χ3v) is 7.16. The normalized spacial score (nSPS) is 12.7. The number of hydrogen-bond donors (Lipinski definition) is 0. The zero-order valence-corrected chi connectivity index (χ0v) is 18.5. The number of hydrogen-bond acceptors (Lipinski definition) is 6. The molecule has 1 atom stereocenters. The van der Waals surface area contributed by atoms with E-state index in [0.717, 1.165) is 4.31 Å². The second-order valence-electron chi connectivity index (χ2n) is 6.72. The van der Waals surface area contributed by atoms with Gasteiger partial charge in [-0.15, -0.1) is 0 Å².